The summed E-state index contributed by atoms with van der Waals surface area (Å²) in [4.78, 5) is 0. The Morgan fingerprint density at radius 1 is 1.13 bits per heavy atom. The van der Waals surface area contributed by atoms with E-state index in [1.807, 2.05) is 6.08 Å². The van der Waals surface area contributed by atoms with Gasteiger partial charge >= 0.3 is 0 Å². The number of allylic oxidation sites excluding steroid dienone is 5. The van der Waals surface area contributed by atoms with E-state index < -0.39 is 0 Å². The Labute approximate surface area is 95.8 Å². The van der Waals surface area contributed by atoms with Gasteiger partial charge in [-0.15, -0.1) is 6.58 Å². The fourth-order valence-corrected chi connectivity index (χ4v) is 1.99. The van der Waals surface area contributed by atoms with E-state index in [0.717, 1.165) is 12.8 Å². The van der Waals surface area contributed by atoms with Gasteiger partial charge in [-0.3, -0.25) is 0 Å². The summed E-state index contributed by atoms with van der Waals surface area (Å²) >= 11 is 0. The minimum Gasteiger partial charge on any atom is -0.103 e. The van der Waals surface area contributed by atoms with Crippen LogP contribution in [0.5, 0.6) is 0 Å². The van der Waals surface area contributed by atoms with E-state index in [-0.39, 0.29) is 0 Å². The average Bonchev–Trinajstić information content (AvgIpc) is 2.16. The molecular formula is C15H26. The summed E-state index contributed by atoms with van der Waals surface area (Å²) < 4.78 is 0. The zero-order valence-electron chi connectivity index (χ0n) is 11.0. The van der Waals surface area contributed by atoms with Gasteiger partial charge in [0, 0.05) is 0 Å². The molecule has 15 heavy (non-hydrogen) atoms. The molecule has 0 amide bonds. The van der Waals surface area contributed by atoms with Gasteiger partial charge in [0.2, 0.25) is 0 Å². The van der Waals surface area contributed by atoms with Crippen LogP contribution < -0.4 is 0 Å². The van der Waals surface area contributed by atoms with E-state index in [4.69, 9.17) is 0 Å². The summed E-state index contributed by atoms with van der Waals surface area (Å²) in [5.74, 6) is 1.29. The largest absolute Gasteiger partial charge is 0.103 e. The van der Waals surface area contributed by atoms with Crippen LogP contribution in [0.2, 0.25) is 0 Å². The van der Waals surface area contributed by atoms with Gasteiger partial charge in [0.1, 0.15) is 0 Å². The number of hydrogen-bond donors (Lipinski definition) is 0. The quantitative estimate of drug-likeness (QED) is 0.528. The minimum absolute atomic E-state index is 0.632. The third kappa shape index (κ3) is 5.61. The van der Waals surface area contributed by atoms with Gasteiger partial charge in [0.05, 0.1) is 0 Å². The van der Waals surface area contributed by atoms with Crippen LogP contribution >= 0.6 is 0 Å². The Balaban J connectivity index is 4.41. The maximum atomic E-state index is 3.81. The second-order valence-electron chi connectivity index (χ2n) is 4.63. The lowest BCUT2D eigenvalue weighted by molar-refractivity contribution is 0.560. The molecule has 0 aliphatic carbocycles. The fourth-order valence-electron chi connectivity index (χ4n) is 1.99. The predicted octanol–water partition coefficient (Wildman–Crippen LogP) is 5.14. The van der Waals surface area contributed by atoms with Gasteiger partial charge in [-0.25, -0.2) is 0 Å². The maximum absolute atomic E-state index is 3.81. The highest BCUT2D eigenvalue weighted by molar-refractivity contribution is 5.11. The van der Waals surface area contributed by atoms with E-state index >= 15 is 0 Å². The van der Waals surface area contributed by atoms with Gasteiger partial charge in [0.15, 0.2) is 0 Å². The predicted molar refractivity (Wildman–Crippen MR) is 70.9 cm³/mol. The molecule has 2 atom stereocenters. The van der Waals surface area contributed by atoms with Crippen LogP contribution in [0.1, 0.15) is 47.5 Å². The Hall–Kier alpha value is -0.780. The van der Waals surface area contributed by atoms with Crippen molar-refractivity contribution in [2.45, 2.75) is 47.5 Å². The lowest BCUT2D eigenvalue weighted by Crippen LogP contribution is -2.07. The van der Waals surface area contributed by atoms with E-state index in [2.05, 4.69) is 53.3 Å². The highest BCUT2D eigenvalue weighted by atomic mass is 14.2. The van der Waals surface area contributed by atoms with Crippen molar-refractivity contribution in [3.05, 3.63) is 36.0 Å². The summed E-state index contributed by atoms with van der Waals surface area (Å²) in [7, 11) is 0. The molecule has 0 saturated heterocycles. The monoisotopic (exact) mass is 206 g/mol. The summed E-state index contributed by atoms with van der Waals surface area (Å²) in [6.07, 6.45) is 8.86. The molecule has 86 valence electrons. The third-order valence-corrected chi connectivity index (χ3v) is 2.87. The standard InChI is InChI=1S/C15H26/c1-7-9-13(5)15(8-2)14(6)11-10-12(3)4/h7-8,10,13-14H,1,9,11H2,2-6H3. The minimum atomic E-state index is 0.632. The molecule has 0 aliphatic rings. The lowest BCUT2D eigenvalue weighted by Gasteiger charge is -2.20. The van der Waals surface area contributed by atoms with Crippen molar-refractivity contribution in [3.63, 3.8) is 0 Å². The number of rotatable bonds is 6. The van der Waals surface area contributed by atoms with Crippen LogP contribution in [0.3, 0.4) is 0 Å². The number of hydrogen-bond acceptors (Lipinski definition) is 0. The van der Waals surface area contributed by atoms with Crippen molar-refractivity contribution in [1.29, 1.82) is 0 Å². The first-order valence-electron chi connectivity index (χ1n) is 5.93. The van der Waals surface area contributed by atoms with Gasteiger partial charge in [-0.05, 0) is 45.4 Å². The van der Waals surface area contributed by atoms with Crippen molar-refractivity contribution in [3.8, 4) is 0 Å². The summed E-state index contributed by atoms with van der Waals surface area (Å²) in [5.41, 5.74) is 2.97. The van der Waals surface area contributed by atoms with Crippen LogP contribution in [0.15, 0.2) is 36.0 Å². The molecule has 0 aliphatic heterocycles. The Bertz CT molecular complexity index is 239. The van der Waals surface area contributed by atoms with E-state index in [9.17, 15) is 0 Å². The van der Waals surface area contributed by atoms with E-state index in [1.165, 1.54) is 5.57 Å². The van der Waals surface area contributed by atoms with Crippen molar-refractivity contribution >= 4 is 0 Å². The molecule has 0 heteroatoms. The molecule has 0 rings (SSSR count). The Kier molecular flexibility index (Phi) is 7.11. The van der Waals surface area contributed by atoms with E-state index in [1.54, 1.807) is 5.57 Å². The molecule has 0 radical (unpaired) electrons. The van der Waals surface area contributed by atoms with Crippen LogP contribution in [-0.4, -0.2) is 0 Å². The van der Waals surface area contributed by atoms with Crippen molar-refractivity contribution in [1.82, 2.24) is 0 Å². The molecule has 0 spiro atoms. The molecule has 0 heterocycles. The summed E-state index contributed by atoms with van der Waals surface area (Å²) in [6.45, 7) is 14.9. The first kappa shape index (κ1) is 14.2. The SMILES string of the molecule is C=CCC(C)C(=CC)C(C)CC=C(C)C. The highest BCUT2D eigenvalue weighted by Crippen LogP contribution is 2.26. The Morgan fingerprint density at radius 3 is 2.07 bits per heavy atom. The molecular weight excluding hydrogens is 180 g/mol. The van der Waals surface area contributed by atoms with Crippen LogP contribution in [0.4, 0.5) is 0 Å². The van der Waals surface area contributed by atoms with E-state index in [0.29, 0.717) is 11.8 Å². The second kappa shape index (κ2) is 7.50. The maximum Gasteiger partial charge on any atom is -0.0194 e. The molecule has 0 aromatic carbocycles. The smallest absolute Gasteiger partial charge is 0.0194 e. The third-order valence-electron chi connectivity index (χ3n) is 2.87. The molecule has 0 N–H and O–H groups in total. The lowest BCUT2D eigenvalue weighted by atomic mass is 9.85. The zero-order chi connectivity index (χ0) is 11.8. The van der Waals surface area contributed by atoms with Gasteiger partial charge in [-0.2, -0.15) is 0 Å². The molecule has 0 aromatic rings. The van der Waals surface area contributed by atoms with Crippen LogP contribution in [0, 0.1) is 11.8 Å². The topological polar surface area (TPSA) is 0 Å². The highest BCUT2D eigenvalue weighted by Gasteiger charge is 2.12. The van der Waals surface area contributed by atoms with Gasteiger partial charge in [0.25, 0.3) is 0 Å². The molecule has 0 aromatic heterocycles. The molecule has 2 unspecified atom stereocenters. The van der Waals surface area contributed by atoms with Crippen molar-refractivity contribution < 1.29 is 0 Å². The molecule has 0 fully saturated rings. The molecule has 0 saturated carbocycles. The average molecular weight is 206 g/mol. The zero-order valence-corrected chi connectivity index (χ0v) is 11.0. The normalized spacial score (nSPS) is 15.7. The molecule has 0 nitrogen and oxygen atoms in total. The Morgan fingerprint density at radius 2 is 1.67 bits per heavy atom. The van der Waals surface area contributed by atoms with Gasteiger partial charge in [-0.1, -0.05) is 43.2 Å². The molecule has 0 bridgehead atoms. The first-order chi connectivity index (χ1) is 7.02. The fraction of sp³-hybridized carbons (Fsp3) is 0.600. The summed E-state index contributed by atoms with van der Waals surface area (Å²) in [6, 6.07) is 0. The van der Waals surface area contributed by atoms with Crippen LogP contribution in [0.25, 0.3) is 0 Å². The van der Waals surface area contributed by atoms with Crippen molar-refractivity contribution in [2.24, 2.45) is 11.8 Å². The second-order valence-corrected chi connectivity index (χ2v) is 4.63. The van der Waals surface area contributed by atoms with Crippen LogP contribution in [-0.2, 0) is 0 Å². The van der Waals surface area contributed by atoms with Crippen molar-refractivity contribution in [2.75, 3.05) is 0 Å². The summed E-state index contributed by atoms with van der Waals surface area (Å²) in [5, 5.41) is 0. The van der Waals surface area contributed by atoms with Gasteiger partial charge < -0.3 is 0 Å². The first-order valence-corrected chi connectivity index (χ1v) is 5.93.